The number of ether oxygens (including phenoxy) is 1. The van der Waals surface area contributed by atoms with Gasteiger partial charge >= 0.3 is 5.97 Å². The van der Waals surface area contributed by atoms with Crippen molar-refractivity contribution in [2.24, 2.45) is 11.3 Å². The van der Waals surface area contributed by atoms with Crippen molar-refractivity contribution in [1.29, 1.82) is 0 Å². The summed E-state index contributed by atoms with van der Waals surface area (Å²) in [4.78, 5) is 11.1. The lowest BCUT2D eigenvalue weighted by Gasteiger charge is -2.45. The maximum Gasteiger partial charge on any atom is 0.315 e. The minimum Gasteiger partial charge on any atom is -0.481 e. The van der Waals surface area contributed by atoms with Crippen molar-refractivity contribution in [3.8, 4) is 0 Å². The van der Waals surface area contributed by atoms with Crippen molar-refractivity contribution < 1.29 is 14.6 Å². The lowest BCUT2D eigenvalue weighted by Crippen LogP contribution is -2.62. The van der Waals surface area contributed by atoms with E-state index in [9.17, 15) is 4.79 Å². The molecule has 0 saturated carbocycles. The first-order valence-corrected chi connectivity index (χ1v) is 4.53. The van der Waals surface area contributed by atoms with E-state index in [1.54, 1.807) is 7.05 Å². The summed E-state index contributed by atoms with van der Waals surface area (Å²) in [7, 11) is 1.80. The molecule has 1 unspecified atom stereocenters. The summed E-state index contributed by atoms with van der Waals surface area (Å²) in [6.45, 7) is 4.69. The molecule has 2 N–H and O–H groups in total. The maximum absolute atomic E-state index is 11.1. The Hall–Kier alpha value is -0.610. The van der Waals surface area contributed by atoms with Crippen molar-refractivity contribution in [1.82, 2.24) is 5.32 Å². The number of carbonyl (C=O) groups is 1. The normalized spacial score (nSPS) is 22.5. The van der Waals surface area contributed by atoms with Crippen molar-refractivity contribution >= 4 is 5.97 Å². The van der Waals surface area contributed by atoms with Crippen molar-refractivity contribution in [2.45, 2.75) is 19.9 Å². The summed E-state index contributed by atoms with van der Waals surface area (Å²) in [5, 5.41) is 12.2. The van der Waals surface area contributed by atoms with Gasteiger partial charge in [0.1, 0.15) is 5.41 Å². The van der Waals surface area contributed by atoms with E-state index in [0.717, 1.165) is 0 Å². The molecular weight excluding hydrogens is 170 g/mol. The van der Waals surface area contributed by atoms with E-state index >= 15 is 0 Å². The van der Waals surface area contributed by atoms with Crippen LogP contribution in [0.5, 0.6) is 0 Å². The van der Waals surface area contributed by atoms with Gasteiger partial charge in [0.15, 0.2) is 0 Å². The van der Waals surface area contributed by atoms with Crippen LogP contribution in [0.25, 0.3) is 0 Å². The van der Waals surface area contributed by atoms with Gasteiger partial charge in [0.05, 0.1) is 13.2 Å². The molecule has 0 spiro atoms. The molecule has 0 amide bonds. The molecule has 4 heteroatoms. The van der Waals surface area contributed by atoms with Crippen LogP contribution in [0, 0.1) is 11.3 Å². The third kappa shape index (κ3) is 1.56. The van der Waals surface area contributed by atoms with E-state index in [0.29, 0.717) is 19.1 Å². The molecule has 1 atom stereocenters. The average molecular weight is 187 g/mol. The molecule has 76 valence electrons. The molecule has 1 saturated heterocycles. The Bertz CT molecular complexity index is 199. The van der Waals surface area contributed by atoms with Gasteiger partial charge in [0, 0.05) is 6.04 Å². The van der Waals surface area contributed by atoms with E-state index < -0.39 is 11.4 Å². The zero-order valence-corrected chi connectivity index (χ0v) is 8.33. The molecule has 13 heavy (non-hydrogen) atoms. The topological polar surface area (TPSA) is 58.6 Å². The second kappa shape index (κ2) is 3.64. The summed E-state index contributed by atoms with van der Waals surface area (Å²) >= 11 is 0. The summed E-state index contributed by atoms with van der Waals surface area (Å²) in [5.41, 5.74) is -0.705. The molecule has 0 aromatic heterocycles. The van der Waals surface area contributed by atoms with Crippen LogP contribution >= 0.6 is 0 Å². The molecule has 4 nitrogen and oxygen atoms in total. The lowest BCUT2D eigenvalue weighted by molar-refractivity contribution is -0.188. The van der Waals surface area contributed by atoms with Gasteiger partial charge in [0.25, 0.3) is 0 Å². The maximum atomic E-state index is 11.1. The Kier molecular flexibility index (Phi) is 2.93. The highest BCUT2D eigenvalue weighted by molar-refractivity contribution is 5.77. The van der Waals surface area contributed by atoms with Crippen molar-refractivity contribution in [3.05, 3.63) is 0 Å². The van der Waals surface area contributed by atoms with Gasteiger partial charge < -0.3 is 15.2 Å². The van der Waals surface area contributed by atoms with Gasteiger partial charge in [-0.25, -0.2) is 0 Å². The van der Waals surface area contributed by atoms with Gasteiger partial charge in [-0.2, -0.15) is 0 Å². The third-order valence-electron chi connectivity index (χ3n) is 2.72. The smallest absolute Gasteiger partial charge is 0.315 e. The first kappa shape index (κ1) is 10.5. The number of nitrogens with one attached hydrogen (secondary N) is 1. The zero-order chi connectivity index (χ0) is 10.1. The lowest BCUT2D eigenvalue weighted by atomic mass is 9.73. The van der Waals surface area contributed by atoms with Gasteiger partial charge in [-0.05, 0) is 13.0 Å². The number of carboxylic acid groups (broad SMARTS) is 1. The number of aliphatic carboxylic acids is 1. The summed E-state index contributed by atoms with van der Waals surface area (Å²) < 4.78 is 5.01. The van der Waals surface area contributed by atoms with Crippen molar-refractivity contribution in [3.63, 3.8) is 0 Å². The summed E-state index contributed by atoms with van der Waals surface area (Å²) in [6, 6.07) is -0.0150. The first-order chi connectivity index (χ1) is 6.04. The number of carboxylic acids is 1. The van der Waals surface area contributed by atoms with Gasteiger partial charge in [-0.1, -0.05) is 13.8 Å². The standard InChI is InChI=1S/C9H17NO3/c1-6(2)7(10-3)9(8(11)12)4-13-5-9/h6-7,10H,4-5H2,1-3H3,(H,11,12). The van der Waals surface area contributed by atoms with Gasteiger partial charge in [-0.3, -0.25) is 4.79 Å². The second-order valence-corrected chi connectivity index (χ2v) is 3.96. The molecule has 1 heterocycles. The van der Waals surface area contributed by atoms with Crippen LogP contribution in [0.1, 0.15) is 13.8 Å². The fourth-order valence-corrected chi connectivity index (χ4v) is 2.01. The number of hydrogen-bond donors (Lipinski definition) is 2. The Morgan fingerprint density at radius 2 is 2.08 bits per heavy atom. The Morgan fingerprint density at radius 1 is 1.54 bits per heavy atom. The molecule has 0 radical (unpaired) electrons. The molecule has 1 fully saturated rings. The second-order valence-electron chi connectivity index (χ2n) is 3.96. The van der Waals surface area contributed by atoms with Crippen LogP contribution in [0.4, 0.5) is 0 Å². The number of rotatable bonds is 4. The first-order valence-electron chi connectivity index (χ1n) is 4.53. The molecule has 0 bridgehead atoms. The van der Waals surface area contributed by atoms with Crippen LogP contribution < -0.4 is 5.32 Å². The van der Waals surface area contributed by atoms with Crippen LogP contribution in [-0.4, -0.2) is 37.4 Å². The average Bonchev–Trinajstić information content (AvgIpc) is 1.94. The summed E-state index contributed by atoms with van der Waals surface area (Å²) in [5.74, 6) is -0.461. The van der Waals surface area contributed by atoms with Crippen molar-refractivity contribution in [2.75, 3.05) is 20.3 Å². The van der Waals surface area contributed by atoms with Gasteiger partial charge in [0.2, 0.25) is 0 Å². The van der Waals surface area contributed by atoms with E-state index in [4.69, 9.17) is 9.84 Å². The van der Waals surface area contributed by atoms with E-state index in [1.165, 1.54) is 0 Å². The fourth-order valence-electron chi connectivity index (χ4n) is 2.01. The molecule has 1 rings (SSSR count). The van der Waals surface area contributed by atoms with E-state index in [1.807, 2.05) is 13.8 Å². The highest BCUT2D eigenvalue weighted by Crippen LogP contribution is 2.35. The largest absolute Gasteiger partial charge is 0.481 e. The Labute approximate surface area is 78.3 Å². The zero-order valence-electron chi connectivity index (χ0n) is 8.33. The van der Waals surface area contributed by atoms with E-state index in [2.05, 4.69) is 5.32 Å². The molecule has 1 aliphatic rings. The van der Waals surface area contributed by atoms with Crippen LogP contribution in [-0.2, 0) is 9.53 Å². The Balaban J connectivity index is 2.79. The molecule has 1 aliphatic heterocycles. The number of hydrogen-bond acceptors (Lipinski definition) is 3. The van der Waals surface area contributed by atoms with Crippen LogP contribution in [0.3, 0.4) is 0 Å². The van der Waals surface area contributed by atoms with Gasteiger partial charge in [-0.15, -0.1) is 0 Å². The van der Waals surface area contributed by atoms with Crippen LogP contribution in [0.15, 0.2) is 0 Å². The summed E-state index contributed by atoms with van der Waals surface area (Å²) in [6.07, 6.45) is 0. The molecular formula is C9H17NO3. The molecule has 0 aromatic carbocycles. The van der Waals surface area contributed by atoms with E-state index in [-0.39, 0.29) is 6.04 Å². The minimum atomic E-state index is -0.758. The fraction of sp³-hybridized carbons (Fsp3) is 0.889. The molecule has 0 aliphatic carbocycles. The quantitative estimate of drug-likeness (QED) is 0.666. The minimum absolute atomic E-state index is 0.0150. The highest BCUT2D eigenvalue weighted by atomic mass is 16.5. The molecule has 0 aromatic rings. The van der Waals surface area contributed by atoms with Crippen LogP contribution in [0.2, 0.25) is 0 Å². The monoisotopic (exact) mass is 187 g/mol. The SMILES string of the molecule is CNC(C(C)C)C1(C(=O)O)COC1. The predicted molar refractivity (Wildman–Crippen MR) is 48.6 cm³/mol. The highest BCUT2D eigenvalue weighted by Gasteiger charge is 2.52. The predicted octanol–water partition coefficient (Wildman–Crippen LogP) is 0.332. The third-order valence-corrected chi connectivity index (χ3v) is 2.72. The Morgan fingerprint density at radius 3 is 2.15 bits per heavy atom.